The van der Waals surface area contributed by atoms with Crippen molar-refractivity contribution in [3.8, 4) is 0 Å². The van der Waals surface area contributed by atoms with Crippen LogP contribution >= 0.6 is 0 Å². The molecule has 0 saturated carbocycles. The number of hydrogen-bond acceptors (Lipinski definition) is 1. The molecule has 1 unspecified atom stereocenters. The lowest BCUT2D eigenvalue weighted by molar-refractivity contribution is 0.307. The summed E-state index contributed by atoms with van der Waals surface area (Å²) < 4.78 is 13.4. The Morgan fingerprint density at radius 1 is 1.43 bits per heavy atom. The van der Waals surface area contributed by atoms with Crippen LogP contribution in [-0.2, 0) is 6.42 Å². The van der Waals surface area contributed by atoms with Gasteiger partial charge in [-0.3, -0.25) is 0 Å². The van der Waals surface area contributed by atoms with E-state index in [4.69, 9.17) is 0 Å². The van der Waals surface area contributed by atoms with Gasteiger partial charge in [0, 0.05) is 6.04 Å². The van der Waals surface area contributed by atoms with E-state index in [9.17, 15) is 4.39 Å². The lowest BCUT2D eigenvalue weighted by atomic mass is 10.0. The van der Waals surface area contributed by atoms with Crippen molar-refractivity contribution in [2.24, 2.45) is 0 Å². The second kappa shape index (κ2) is 4.09. The van der Waals surface area contributed by atoms with Gasteiger partial charge in [-0.2, -0.15) is 0 Å². The normalized spacial score (nSPS) is 22.9. The van der Waals surface area contributed by atoms with Crippen LogP contribution in [0.1, 0.15) is 18.4 Å². The zero-order valence-corrected chi connectivity index (χ0v) is 8.54. The largest absolute Gasteiger partial charge is 0.303 e. The minimum atomic E-state index is -0.0622. The Morgan fingerprint density at radius 3 is 2.86 bits per heavy atom. The molecule has 1 saturated heterocycles. The molecule has 1 aromatic carbocycles. The van der Waals surface area contributed by atoms with E-state index in [1.54, 1.807) is 12.1 Å². The van der Waals surface area contributed by atoms with E-state index in [2.05, 4.69) is 11.9 Å². The zero-order valence-electron chi connectivity index (χ0n) is 8.54. The lowest BCUT2D eigenvalue weighted by Gasteiger charge is -2.19. The van der Waals surface area contributed by atoms with Crippen molar-refractivity contribution in [3.63, 3.8) is 0 Å². The minimum absolute atomic E-state index is 0.0622. The third-order valence-electron chi connectivity index (χ3n) is 3.08. The van der Waals surface area contributed by atoms with Crippen molar-refractivity contribution in [1.82, 2.24) is 4.90 Å². The number of nitrogens with zero attached hydrogens (tertiary/aromatic N) is 1. The van der Waals surface area contributed by atoms with Crippen molar-refractivity contribution in [1.29, 1.82) is 0 Å². The number of likely N-dealkylation sites (N-methyl/N-ethyl adjacent to an activating group) is 1. The number of hydrogen-bond donors (Lipinski definition) is 0. The highest BCUT2D eigenvalue weighted by Gasteiger charge is 2.21. The first-order valence-corrected chi connectivity index (χ1v) is 5.21. The van der Waals surface area contributed by atoms with Crippen molar-refractivity contribution >= 4 is 0 Å². The van der Waals surface area contributed by atoms with Gasteiger partial charge < -0.3 is 4.90 Å². The quantitative estimate of drug-likeness (QED) is 0.697. The maximum atomic E-state index is 13.4. The summed E-state index contributed by atoms with van der Waals surface area (Å²) in [5.74, 6) is -0.0622. The van der Waals surface area contributed by atoms with E-state index < -0.39 is 0 Å². The van der Waals surface area contributed by atoms with Crippen molar-refractivity contribution in [3.05, 3.63) is 35.6 Å². The fourth-order valence-electron chi connectivity index (χ4n) is 2.15. The summed E-state index contributed by atoms with van der Waals surface area (Å²) >= 11 is 0. The van der Waals surface area contributed by atoms with E-state index in [1.807, 2.05) is 12.1 Å². The first kappa shape index (κ1) is 9.66. The third kappa shape index (κ3) is 1.95. The highest BCUT2D eigenvalue weighted by atomic mass is 19.1. The van der Waals surface area contributed by atoms with E-state index >= 15 is 0 Å². The minimum Gasteiger partial charge on any atom is -0.303 e. The van der Waals surface area contributed by atoms with Gasteiger partial charge in [0.1, 0.15) is 5.82 Å². The molecule has 1 aromatic rings. The monoisotopic (exact) mass is 193 g/mol. The Morgan fingerprint density at radius 2 is 2.21 bits per heavy atom. The Balaban J connectivity index is 2.07. The summed E-state index contributed by atoms with van der Waals surface area (Å²) in [4.78, 5) is 2.33. The number of benzene rings is 1. The van der Waals surface area contributed by atoms with Gasteiger partial charge in [-0.05, 0) is 44.5 Å². The summed E-state index contributed by atoms with van der Waals surface area (Å²) in [6.07, 6.45) is 3.30. The predicted molar refractivity (Wildman–Crippen MR) is 55.8 cm³/mol. The second-order valence-electron chi connectivity index (χ2n) is 4.07. The molecule has 0 radical (unpaired) electrons. The molecule has 1 nitrogen and oxygen atoms in total. The Labute approximate surface area is 84.5 Å². The van der Waals surface area contributed by atoms with Crippen LogP contribution in [0.2, 0.25) is 0 Å². The highest BCUT2D eigenvalue weighted by Crippen LogP contribution is 2.20. The maximum absolute atomic E-state index is 13.4. The predicted octanol–water partition coefficient (Wildman–Crippen LogP) is 2.46. The standard InChI is InChI=1S/C12H16FN/c1-14-8-4-6-11(14)9-10-5-2-3-7-12(10)13/h2-3,5,7,11H,4,6,8-9H2,1H3. The molecule has 76 valence electrons. The first-order valence-electron chi connectivity index (χ1n) is 5.21. The SMILES string of the molecule is CN1CCCC1Cc1ccccc1F. The summed E-state index contributed by atoms with van der Waals surface area (Å²) in [6.45, 7) is 1.15. The summed E-state index contributed by atoms with van der Waals surface area (Å²) in [7, 11) is 2.12. The lowest BCUT2D eigenvalue weighted by Crippen LogP contribution is -2.27. The molecule has 1 atom stereocenters. The van der Waals surface area contributed by atoms with Crippen LogP contribution in [0, 0.1) is 5.82 Å². The molecule has 0 bridgehead atoms. The van der Waals surface area contributed by atoms with Gasteiger partial charge in [0.25, 0.3) is 0 Å². The van der Waals surface area contributed by atoms with E-state index in [0.29, 0.717) is 6.04 Å². The fraction of sp³-hybridized carbons (Fsp3) is 0.500. The van der Waals surface area contributed by atoms with E-state index in [0.717, 1.165) is 18.5 Å². The van der Waals surface area contributed by atoms with Gasteiger partial charge in [-0.1, -0.05) is 18.2 Å². The molecule has 0 aromatic heterocycles. The second-order valence-corrected chi connectivity index (χ2v) is 4.07. The maximum Gasteiger partial charge on any atom is 0.126 e. The molecule has 0 N–H and O–H groups in total. The molecule has 1 fully saturated rings. The number of likely N-dealkylation sites (tertiary alicyclic amines) is 1. The van der Waals surface area contributed by atoms with Gasteiger partial charge in [-0.15, -0.1) is 0 Å². The molecule has 1 aliphatic heterocycles. The van der Waals surface area contributed by atoms with Crippen molar-refractivity contribution < 1.29 is 4.39 Å². The molecule has 2 rings (SSSR count). The molecule has 1 aliphatic rings. The van der Waals surface area contributed by atoms with Crippen LogP contribution in [0.3, 0.4) is 0 Å². The smallest absolute Gasteiger partial charge is 0.126 e. The van der Waals surface area contributed by atoms with Gasteiger partial charge >= 0.3 is 0 Å². The van der Waals surface area contributed by atoms with Gasteiger partial charge in [-0.25, -0.2) is 4.39 Å². The van der Waals surface area contributed by atoms with Crippen LogP contribution in [0.15, 0.2) is 24.3 Å². The first-order chi connectivity index (χ1) is 6.77. The van der Waals surface area contributed by atoms with Crippen LogP contribution in [0.25, 0.3) is 0 Å². The van der Waals surface area contributed by atoms with Gasteiger partial charge in [0.05, 0.1) is 0 Å². The molecule has 0 aliphatic carbocycles. The zero-order chi connectivity index (χ0) is 9.97. The van der Waals surface area contributed by atoms with Crippen molar-refractivity contribution in [2.75, 3.05) is 13.6 Å². The average Bonchev–Trinajstić information content (AvgIpc) is 2.56. The number of rotatable bonds is 2. The van der Waals surface area contributed by atoms with E-state index in [-0.39, 0.29) is 5.82 Å². The average molecular weight is 193 g/mol. The van der Waals surface area contributed by atoms with Crippen LogP contribution in [-0.4, -0.2) is 24.5 Å². The van der Waals surface area contributed by atoms with Crippen molar-refractivity contribution in [2.45, 2.75) is 25.3 Å². The Kier molecular flexibility index (Phi) is 2.82. The Hall–Kier alpha value is -0.890. The summed E-state index contributed by atoms with van der Waals surface area (Å²) in [6, 6.07) is 7.63. The van der Waals surface area contributed by atoms with Crippen LogP contribution in [0.4, 0.5) is 4.39 Å². The molecule has 1 heterocycles. The number of halogens is 1. The van der Waals surface area contributed by atoms with Gasteiger partial charge in [0.2, 0.25) is 0 Å². The van der Waals surface area contributed by atoms with Gasteiger partial charge in [0.15, 0.2) is 0 Å². The fourth-order valence-corrected chi connectivity index (χ4v) is 2.15. The molecule has 2 heteroatoms. The topological polar surface area (TPSA) is 3.24 Å². The summed E-state index contributed by atoms with van der Waals surface area (Å²) in [5.41, 5.74) is 0.853. The Bertz CT molecular complexity index is 311. The molecule has 0 spiro atoms. The third-order valence-corrected chi connectivity index (χ3v) is 3.08. The summed E-state index contributed by atoms with van der Waals surface area (Å²) in [5, 5.41) is 0. The van der Waals surface area contributed by atoms with E-state index in [1.165, 1.54) is 12.8 Å². The molecule has 14 heavy (non-hydrogen) atoms. The molecular formula is C12H16FN. The molecule has 0 amide bonds. The highest BCUT2D eigenvalue weighted by molar-refractivity contribution is 5.18. The molecular weight excluding hydrogens is 177 g/mol. The van der Waals surface area contributed by atoms with Crippen LogP contribution in [0.5, 0.6) is 0 Å². The van der Waals surface area contributed by atoms with Crippen LogP contribution < -0.4 is 0 Å².